The minimum absolute atomic E-state index is 0.0726. The van der Waals surface area contributed by atoms with Gasteiger partial charge in [-0.2, -0.15) is 0 Å². The Morgan fingerprint density at radius 1 is 1.13 bits per heavy atom. The van der Waals surface area contributed by atoms with Crippen molar-refractivity contribution in [1.82, 2.24) is 19.9 Å². The van der Waals surface area contributed by atoms with Gasteiger partial charge in [-0.3, -0.25) is 4.90 Å². The highest BCUT2D eigenvalue weighted by Gasteiger charge is 2.21. The van der Waals surface area contributed by atoms with Crippen LogP contribution in [0.15, 0.2) is 35.1 Å². The molecule has 2 aromatic heterocycles. The van der Waals surface area contributed by atoms with E-state index < -0.39 is 0 Å². The van der Waals surface area contributed by atoms with Gasteiger partial charge in [0.2, 0.25) is 5.88 Å². The molecule has 1 aromatic carbocycles. The third kappa shape index (κ3) is 4.24. The van der Waals surface area contributed by atoms with Crippen molar-refractivity contribution in [3.63, 3.8) is 0 Å². The number of anilines is 1. The van der Waals surface area contributed by atoms with Crippen molar-refractivity contribution in [2.24, 2.45) is 0 Å². The molecular formula is C22H27N5O3. The van der Waals surface area contributed by atoms with Crippen molar-refractivity contribution >= 4 is 16.6 Å². The number of hydrogen-bond donors (Lipinski definition) is 0. The zero-order valence-electron chi connectivity index (χ0n) is 17.3. The van der Waals surface area contributed by atoms with E-state index in [-0.39, 0.29) is 6.10 Å². The number of rotatable bonds is 6. The summed E-state index contributed by atoms with van der Waals surface area (Å²) in [6.45, 7) is 8.28. The molecule has 0 spiro atoms. The fourth-order valence-corrected chi connectivity index (χ4v) is 4.09. The summed E-state index contributed by atoms with van der Waals surface area (Å²) < 4.78 is 17.1. The Bertz CT molecular complexity index is 993. The second-order valence-corrected chi connectivity index (χ2v) is 7.91. The van der Waals surface area contributed by atoms with Gasteiger partial charge in [-0.05, 0) is 18.2 Å². The molecule has 0 aliphatic carbocycles. The zero-order chi connectivity index (χ0) is 20.3. The van der Waals surface area contributed by atoms with Crippen LogP contribution in [0.25, 0.3) is 10.9 Å². The van der Waals surface area contributed by atoms with E-state index in [1.165, 1.54) is 5.69 Å². The molecule has 0 radical (unpaired) electrons. The fourth-order valence-electron chi connectivity index (χ4n) is 4.09. The third-order valence-electron chi connectivity index (χ3n) is 5.83. The van der Waals surface area contributed by atoms with Gasteiger partial charge in [0.25, 0.3) is 0 Å². The highest BCUT2D eigenvalue weighted by molar-refractivity contribution is 5.86. The molecule has 2 fully saturated rings. The fraction of sp³-hybridized carbons (Fsp3) is 0.500. The smallest absolute Gasteiger partial charge is 0.224 e. The summed E-state index contributed by atoms with van der Waals surface area (Å²) in [5.41, 5.74) is 2.10. The minimum atomic E-state index is 0.0726. The maximum atomic E-state index is 6.11. The van der Waals surface area contributed by atoms with Crippen LogP contribution in [-0.4, -0.2) is 71.9 Å². The van der Waals surface area contributed by atoms with E-state index >= 15 is 0 Å². The van der Waals surface area contributed by atoms with Gasteiger partial charge in [-0.1, -0.05) is 0 Å². The molecule has 4 heterocycles. The molecule has 0 amide bonds. The normalized spacial score (nSPS) is 20.2. The second-order valence-electron chi connectivity index (χ2n) is 7.91. The molecule has 1 unspecified atom stereocenters. The molecule has 0 bridgehead atoms. The quantitative estimate of drug-likeness (QED) is 0.615. The van der Waals surface area contributed by atoms with Crippen LogP contribution in [0, 0.1) is 6.92 Å². The molecule has 8 heteroatoms. The van der Waals surface area contributed by atoms with Gasteiger partial charge in [0.15, 0.2) is 5.89 Å². The van der Waals surface area contributed by atoms with Crippen molar-refractivity contribution in [3.05, 3.63) is 42.4 Å². The molecule has 5 rings (SSSR count). The maximum absolute atomic E-state index is 6.11. The Morgan fingerprint density at radius 3 is 2.80 bits per heavy atom. The zero-order valence-corrected chi connectivity index (χ0v) is 17.3. The standard InChI is InChI=1S/C22H27N5O3/c1-16-23-13-18(29-16)4-6-26-7-9-27(10-8-26)17-2-3-21-20(12-17)22(25-15-24-21)30-19-5-11-28-14-19/h2-3,12-13,15,19H,4-11,14H2,1H3. The van der Waals surface area contributed by atoms with Crippen LogP contribution in [0.4, 0.5) is 5.69 Å². The number of ether oxygens (including phenoxy) is 2. The summed E-state index contributed by atoms with van der Waals surface area (Å²) in [4.78, 5) is 17.9. The molecule has 30 heavy (non-hydrogen) atoms. The molecular weight excluding hydrogens is 382 g/mol. The number of aromatic nitrogens is 3. The first-order valence-electron chi connectivity index (χ1n) is 10.6. The Kier molecular flexibility index (Phi) is 5.50. The summed E-state index contributed by atoms with van der Waals surface area (Å²) >= 11 is 0. The number of oxazole rings is 1. The summed E-state index contributed by atoms with van der Waals surface area (Å²) in [5, 5.41) is 0.963. The number of aryl methyl sites for hydroxylation is 1. The lowest BCUT2D eigenvalue weighted by molar-refractivity contribution is 0.139. The van der Waals surface area contributed by atoms with E-state index in [9.17, 15) is 0 Å². The molecule has 2 saturated heterocycles. The van der Waals surface area contributed by atoms with E-state index in [4.69, 9.17) is 13.9 Å². The molecule has 0 N–H and O–H groups in total. The third-order valence-corrected chi connectivity index (χ3v) is 5.83. The predicted molar refractivity (Wildman–Crippen MR) is 113 cm³/mol. The van der Waals surface area contributed by atoms with Gasteiger partial charge in [-0.15, -0.1) is 0 Å². The van der Waals surface area contributed by atoms with Crippen LogP contribution < -0.4 is 9.64 Å². The predicted octanol–water partition coefficient (Wildman–Crippen LogP) is 2.46. The highest BCUT2D eigenvalue weighted by Crippen LogP contribution is 2.28. The van der Waals surface area contributed by atoms with Gasteiger partial charge in [-0.25, -0.2) is 15.0 Å². The average Bonchev–Trinajstić information content (AvgIpc) is 3.44. The first-order chi connectivity index (χ1) is 14.7. The van der Waals surface area contributed by atoms with E-state index in [1.807, 2.05) is 13.1 Å². The first-order valence-corrected chi connectivity index (χ1v) is 10.6. The summed E-state index contributed by atoms with van der Waals surface area (Å²) in [7, 11) is 0. The van der Waals surface area contributed by atoms with Crippen molar-refractivity contribution in [1.29, 1.82) is 0 Å². The molecule has 2 aliphatic heterocycles. The number of hydrogen-bond acceptors (Lipinski definition) is 8. The van der Waals surface area contributed by atoms with Crippen molar-refractivity contribution in [3.8, 4) is 5.88 Å². The molecule has 8 nitrogen and oxygen atoms in total. The topological polar surface area (TPSA) is 76.8 Å². The van der Waals surface area contributed by atoms with Gasteiger partial charge < -0.3 is 18.8 Å². The van der Waals surface area contributed by atoms with E-state index in [1.54, 1.807) is 6.33 Å². The van der Waals surface area contributed by atoms with E-state index in [2.05, 4.69) is 43.0 Å². The lowest BCUT2D eigenvalue weighted by atomic mass is 10.1. The Hall–Kier alpha value is -2.71. The molecule has 158 valence electrons. The molecule has 0 saturated carbocycles. The number of piperazine rings is 1. The summed E-state index contributed by atoms with van der Waals surface area (Å²) in [6, 6.07) is 6.36. The summed E-state index contributed by atoms with van der Waals surface area (Å²) in [6.07, 6.45) is 5.28. The SMILES string of the molecule is Cc1ncc(CCN2CCN(c3ccc4ncnc(OC5CCOC5)c4c3)CC2)o1. The van der Waals surface area contributed by atoms with Gasteiger partial charge in [0.1, 0.15) is 18.2 Å². The Balaban J connectivity index is 1.24. The Labute approximate surface area is 175 Å². The maximum Gasteiger partial charge on any atom is 0.224 e. The summed E-state index contributed by atoms with van der Waals surface area (Å²) in [5.74, 6) is 2.35. The minimum Gasteiger partial charge on any atom is -0.471 e. The van der Waals surface area contributed by atoms with E-state index in [0.29, 0.717) is 12.5 Å². The van der Waals surface area contributed by atoms with Gasteiger partial charge in [0.05, 0.1) is 30.3 Å². The van der Waals surface area contributed by atoms with Crippen LogP contribution >= 0.6 is 0 Å². The van der Waals surface area contributed by atoms with Crippen LogP contribution in [0.1, 0.15) is 18.1 Å². The van der Waals surface area contributed by atoms with Crippen LogP contribution in [0.3, 0.4) is 0 Å². The van der Waals surface area contributed by atoms with Crippen LogP contribution in [-0.2, 0) is 11.2 Å². The average molecular weight is 409 g/mol. The lowest BCUT2D eigenvalue weighted by Gasteiger charge is -2.36. The second kappa shape index (κ2) is 8.57. The molecule has 1 atom stereocenters. The lowest BCUT2D eigenvalue weighted by Crippen LogP contribution is -2.47. The van der Waals surface area contributed by atoms with Crippen LogP contribution in [0.2, 0.25) is 0 Å². The molecule has 3 aromatic rings. The number of fused-ring (bicyclic) bond motifs is 1. The Morgan fingerprint density at radius 2 is 2.03 bits per heavy atom. The molecule has 2 aliphatic rings. The van der Waals surface area contributed by atoms with Crippen LogP contribution in [0.5, 0.6) is 5.88 Å². The number of benzene rings is 1. The first kappa shape index (κ1) is 19.3. The number of nitrogens with zero attached hydrogens (tertiary/aromatic N) is 5. The van der Waals surface area contributed by atoms with Gasteiger partial charge in [0, 0.05) is 58.2 Å². The van der Waals surface area contributed by atoms with Gasteiger partial charge >= 0.3 is 0 Å². The largest absolute Gasteiger partial charge is 0.471 e. The monoisotopic (exact) mass is 409 g/mol. The van der Waals surface area contributed by atoms with Crippen molar-refractivity contribution < 1.29 is 13.9 Å². The van der Waals surface area contributed by atoms with E-state index in [0.717, 1.165) is 74.7 Å². The van der Waals surface area contributed by atoms with Crippen molar-refractivity contribution in [2.75, 3.05) is 50.8 Å². The highest BCUT2D eigenvalue weighted by atomic mass is 16.5. The van der Waals surface area contributed by atoms with Crippen molar-refractivity contribution in [2.45, 2.75) is 25.9 Å².